The Balaban J connectivity index is 3.17. The van der Waals surface area contributed by atoms with Gasteiger partial charge in [0.2, 0.25) is 11.8 Å². The first-order chi connectivity index (χ1) is 16.0. The fourth-order valence-corrected chi connectivity index (χ4v) is 4.19. The number of guanidine groups is 1. The van der Waals surface area contributed by atoms with Crippen molar-refractivity contribution in [1.29, 1.82) is 0 Å². The fourth-order valence-electron chi connectivity index (χ4n) is 4.19. The van der Waals surface area contributed by atoms with Crippen LogP contribution in [0.4, 0.5) is 0 Å². The lowest BCUT2D eigenvalue weighted by Crippen LogP contribution is -2.54. The van der Waals surface area contributed by atoms with E-state index in [0.717, 1.165) is 32.1 Å². The van der Waals surface area contributed by atoms with Crippen molar-refractivity contribution in [2.45, 2.75) is 110 Å². The van der Waals surface area contributed by atoms with E-state index in [1.807, 2.05) is 6.92 Å². The molecule has 34 heavy (non-hydrogen) atoms. The van der Waals surface area contributed by atoms with Gasteiger partial charge in [-0.2, -0.15) is 0 Å². The van der Waals surface area contributed by atoms with Crippen LogP contribution in [0.1, 0.15) is 98.3 Å². The average Bonchev–Trinajstić information content (AvgIpc) is 2.77. The van der Waals surface area contributed by atoms with Gasteiger partial charge in [-0.25, -0.2) is 0 Å². The minimum atomic E-state index is -1.04. The Morgan fingerprint density at radius 3 is 2.41 bits per heavy atom. The second-order valence-electron chi connectivity index (χ2n) is 9.95. The number of carbonyl (C=O) groups excluding carboxylic acids is 4. The number of rotatable bonds is 7. The monoisotopic (exact) mass is 479 g/mol. The molecule has 2 amide bonds. The van der Waals surface area contributed by atoms with Gasteiger partial charge >= 0.3 is 0 Å². The molecular formula is C25H45N5O4. The van der Waals surface area contributed by atoms with Gasteiger partial charge < -0.3 is 22.1 Å². The Bertz CT molecular complexity index is 733. The van der Waals surface area contributed by atoms with Crippen LogP contribution in [0.3, 0.4) is 0 Å². The van der Waals surface area contributed by atoms with E-state index in [1.54, 1.807) is 20.8 Å². The third kappa shape index (κ3) is 10.2. The molecule has 0 aromatic carbocycles. The molecule has 0 bridgehead atoms. The van der Waals surface area contributed by atoms with Gasteiger partial charge in [-0.05, 0) is 39.0 Å². The number of ketones is 2. The summed E-state index contributed by atoms with van der Waals surface area (Å²) in [6.07, 6.45) is 6.73. The Hall–Kier alpha value is -2.45. The summed E-state index contributed by atoms with van der Waals surface area (Å²) in [6.45, 7) is 7.56. The van der Waals surface area contributed by atoms with E-state index < -0.39 is 17.5 Å². The largest absolute Gasteiger partial charge is 0.370 e. The maximum Gasteiger partial charge on any atom is 0.224 e. The number of carbonyl (C=O) groups is 4. The molecule has 1 rings (SSSR count). The predicted molar refractivity (Wildman–Crippen MR) is 134 cm³/mol. The first kappa shape index (κ1) is 29.6. The number of amides is 2. The summed E-state index contributed by atoms with van der Waals surface area (Å²) >= 11 is 0. The molecule has 3 atom stereocenters. The second kappa shape index (κ2) is 14.7. The molecule has 1 heterocycles. The highest BCUT2D eigenvalue weighted by molar-refractivity contribution is 5.96. The van der Waals surface area contributed by atoms with Crippen LogP contribution >= 0.6 is 0 Å². The van der Waals surface area contributed by atoms with Crippen molar-refractivity contribution < 1.29 is 19.2 Å². The van der Waals surface area contributed by atoms with Crippen LogP contribution in [-0.2, 0) is 19.2 Å². The highest BCUT2D eigenvalue weighted by Gasteiger charge is 2.37. The first-order valence-electron chi connectivity index (χ1n) is 12.7. The Morgan fingerprint density at radius 1 is 1.15 bits per heavy atom. The third-order valence-corrected chi connectivity index (χ3v) is 6.56. The fraction of sp³-hybridized carbons (Fsp3) is 0.800. The summed E-state index contributed by atoms with van der Waals surface area (Å²) in [5.74, 6) is -1.55. The first-order valence-corrected chi connectivity index (χ1v) is 12.7. The van der Waals surface area contributed by atoms with Crippen molar-refractivity contribution in [3.05, 3.63) is 0 Å². The molecular weight excluding hydrogens is 434 g/mol. The minimum absolute atomic E-state index is 0.0207. The highest BCUT2D eigenvalue weighted by atomic mass is 16.2. The molecule has 1 aliphatic rings. The number of nitrogens with one attached hydrogen (secondary N) is 2. The normalized spacial score (nSPS) is 25.7. The van der Waals surface area contributed by atoms with E-state index in [1.165, 1.54) is 0 Å². The standard InChI is InChI=1S/C25H45N5O4/c1-5-19-20(31)13-9-7-6-8-10-14-25(4,30-22(33)17(2)3)21(32)16-18(23(34)29-19)12-11-15-28-24(26)27/h17-19H,5-16H2,1-4H3,(H,29,34)(H,30,33)(H4,26,27,28)/t18-,19+,25-/m1/s1. The average molecular weight is 480 g/mol. The lowest BCUT2D eigenvalue weighted by Gasteiger charge is -2.32. The topological polar surface area (TPSA) is 157 Å². The zero-order chi connectivity index (χ0) is 25.7. The number of hydrogen-bond acceptors (Lipinski definition) is 5. The zero-order valence-corrected chi connectivity index (χ0v) is 21.5. The SMILES string of the molecule is CC[C@@H]1NC(=O)[C@H](CCCN=C(N)N)CC(=O)[C@](C)(NC(=O)C(C)C)CCCCCCCC1=O. The van der Waals surface area contributed by atoms with E-state index in [-0.39, 0.29) is 41.7 Å². The van der Waals surface area contributed by atoms with Gasteiger partial charge in [0.1, 0.15) is 0 Å². The molecule has 194 valence electrons. The predicted octanol–water partition coefficient (Wildman–Crippen LogP) is 2.35. The lowest BCUT2D eigenvalue weighted by molar-refractivity contribution is -0.136. The molecule has 9 heteroatoms. The van der Waals surface area contributed by atoms with Gasteiger partial charge in [0.05, 0.1) is 11.6 Å². The Morgan fingerprint density at radius 2 is 1.79 bits per heavy atom. The maximum atomic E-state index is 13.5. The molecule has 1 saturated heterocycles. The summed E-state index contributed by atoms with van der Waals surface area (Å²) < 4.78 is 0. The van der Waals surface area contributed by atoms with Crippen molar-refractivity contribution in [3.63, 3.8) is 0 Å². The van der Waals surface area contributed by atoms with Crippen LogP contribution in [0.15, 0.2) is 4.99 Å². The number of hydrogen-bond donors (Lipinski definition) is 4. The molecule has 0 radical (unpaired) electrons. The number of aliphatic imine (C=N–C) groups is 1. The van der Waals surface area contributed by atoms with Crippen LogP contribution < -0.4 is 22.1 Å². The number of nitrogens with zero attached hydrogens (tertiary/aromatic N) is 1. The smallest absolute Gasteiger partial charge is 0.224 e. The summed E-state index contributed by atoms with van der Waals surface area (Å²) in [6, 6.07) is -0.556. The molecule has 0 aliphatic carbocycles. The van der Waals surface area contributed by atoms with Crippen LogP contribution in [0, 0.1) is 11.8 Å². The van der Waals surface area contributed by atoms with Crippen molar-refractivity contribution in [3.8, 4) is 0 Å². The molecule has 9 nitrogen and oxygen atoms in total. The van der Waals surface area contributed by atoms with Gasteiger partial charge in [0.15, 0.2) is 17.5 Å². The Kier molecular flexibility index (Phi) is 12.8. The minimum Gasteiger partial charge on any atom is -0.370 e. The van der Waals surface area contributed by atoms with Gasteiger partial charge in [-0.3, -0.25) is 24.2 Å². The van der Waals surface area contributed by atoms with Crippen molar-refractivity contribution in [2.75, 3.05) is 6.54 Å². The summed E-state index contributed by atoms with van der Waals surface area (Å²) in [7, 11) is 0. The third-order valence-electron chi connectivity index (χ3n) is 6.56. The Labute approximate surface area is 204 Å². The summed E-state index contributed by atoms with van der Waals surface area (Å²) in [4.78, 5) is 55.8. The highest BCUT2D eigenvalue weighted by Crippen LogP contribution is 2.24. The van der Waals surface area contributed by atoms with Gasteiger partial charge in [0.25, 0.3) is 0 Å². The van der Waals surface area contributed by atoms with Crippen LogP contribution in [-0.4, -0.2) is 47.5 Å². The van der Waals surface area contributed by atoms with Crippen molar-refractivity contribution in [2.24, 2.45) is 28.3 Å². The molecule has 1 aliphatic heterocycles. The molecule has 6 N–H and O–H groups in total. The molecule has 0 spiro atoms. The van der Waals surface area contributed by atoms with Gasteiger partial charge in [0, 0.05) is 31.2 Å². The lowest BCUT2D eigenvalue weighted by atomic mass is 9.82. The molecule has 0 aromatic heterocycles. The molecule has 1 fully saturated rings. The van der Waals surface area contributed by atoms with Crippen LogP contribution in [0.25, 0.3) is 0 Å². The van der Waals surface area contributed by atoms with Crippen molar-refractivity contribution >= 4 is 29.3 Å². The summed E-state index contributed by atoms with van der Waals surface area (Å²) in [5, 5.41) is 5.83. The van der Waals surface area contributed by atoms with E-state index in [9.17, 15) is 19.2 Å². The zero-order valence-electron chi connectivity index (χ0n) is 21.5. The van der Waals surface area contributed by atoms with Gasteiger partial charge in [-0.15, -0.1) is 0 Å². The quantitative estimate of drug-likeness (QED) is 0.249. The van der Waals surface area contributed by atoms with E-state index in [4.69, 9.17) is 11.5 Å². The number of Topliss-reactive ketones (excluding diaryl/α,β-unsaturated/α-hetero) is 2. The van der Waals surface area contributed by atoms with Crippen LogP contribution in [0.5, 0.6) is 0 Å². The van der Waals surface area contributed by atoms with E-state index in [0.29, 0.717) is 38.6 Å². The number of nitrogens with two attached hydrogens (primary N) is 2. The van der Waals surface area contributed by atoms with Crippen LogP contribution in [0.2, 0.25) is 0 Å². The van der Waals surface area contributed by atoms with Crippen molar-refractivity contribution in [1.82, 2.24) is 10.6 Å². The second-order valence-corrected chi connectivity index (χ2v) is 9.95. The maximum absolute atomic E-state index is 13.5. The molecule has 0 unspecified atom stereocenters. The van der Waals surface area contributed by atoms with E-state index >= 15 is 0 Å². The molecule has 0 aromatic rings. The van der Waals surface area contributed by atoms with E-state index in [2.05, 4.69) is 15.6 Å². The molecule has 0 saturated carbocycles. The summed E-state index contributed by atoms with van der Waals surface area (Å²) in [5.41, 5.74) is 9.74. The van der Waals surface area contributed by atoms with Gasteiger partial charge in [-0.1, -0.05) is 46.5 Å².